The van der Waals surface area contributed by atoms with E-state index in [9.17, 15) is 18.4 Å². The molecule has 11 heteroatoms. The van der Waals surface area contributed by atoms with Crippen LogP contribution in [-0.2, 0) is 6.18 Å². The van der Waals surface area contributed by atoms with Crippen molar-refractivity contribution in [3.05, 3.63) is 64.6 Å². The summed E-state index contributed by atoms with van der Waals surface area (Å²) >= 11 is 11.4. The average molecular weight is 467 g/mol. The first-order chi connectivity index (χ1) is 14.7. The van der Waals surface area contributed by atoms with Gasteiger partial charge in [-0.1, -0.05) is 42.0 Å². The molecule has 0 aliphatic carbocycles. The van der Waals surface area contributed by atoms with Crippen molar-refractivity contribution in [1.82, 2.24) is 9.88 Å². The van der Waals surface area contributed by atoms with Gasteiger partial charge in [-0.25, -0.2) is 4.98 Å². The maximum Gasteiger partial charge on any atom is 0.417 e. The highest BCUT2D eigenvalue weighted by Crippen LogP contribution is 2.33. The van der Waals surface area contributed by atoms with Crippen molar-refractivity contribution in [2.24, 2.45) is 5.73 Å². The fourth-order valence-corrected chi connectivity index (χ4v) is 3.63. The Bertz CT molecular complexity index is 1030. The number of piperazine rings is 1. The molecule has 162 valence electrons. The molecule has 1 saturated heterocycles. The van der Waals surface area contributed by atoms with Crippen LogP contribution in [0.3, 0.4) is 0 Å². The van der Waals surface area contributed by atoms with Crippen LogP contribution in [0.5, 0.6) is 0 Å². The number of hydrogen-bond acceptors (Lipinski definition) is 6. The van der Waals surface area contributed by atoms with Crippen LogP contribution >= 0.6 is 23.8 Å². The topological polar surface area (TPSA) is 81.2 Å². The standard InChI is InChI=1S/C20H18ClF3N6S/c21-16-10-13(20(22,23)24)12-27-18(16)30-8-6-29(7-9-30)17(26)15(11-25)19(31)28-14-4-2-1-3-5-14/h1-5,10,12H,6-9,26H2,(H,28,31). The van der Waals surface area contributed by atoms with Crippen LogP contribution in [0.4, 0.5) is 24.7 Å². The lowest BCUT2D eigenvalue weighted by atomic mass is 10.2. The number of thiocarbonyl (C=S) groups is 1. The SMILES string of the molecule is N#CC(C(=S)Nc1ccccc1)=C(N)N1CCN(c2ncc(C(F)(F)F)cc2Cl)CC1. The van der Waals surface area contributed by atoms with Gasteiger partial charge in [0.15, 0.2) is 0 Å². The Morgan fingerprint density at radius 1 is 1.19 bits per heavy atom. The summed E-state index contributed by atoms with van der Waals surface area (Å²) in [6.07, 6.45) is -3.74. The largest absolute Gasteiger partial charge is 0.417 e. The van der Waals surface area contributed by atoms with Crippen LogP contribution in [0.2, 0.25) is 5.02 Å². The number of halogens is 4. The van der Waals surface area contributed by atoms with Gasteiger partial charge in [-0.3, -0.25) is 0 Å². The zero-order valence-electron chi connectivity index (χ0n) is 16.2. The molecule has 6 nitrogen and oxygen atoms in total. The lowest BCUT2D eigenvalue weighted by molar-refractivity contribution is -0.137. The van der Waals surface area contributed by atoms with Crippen LogP contribution < -0.4 is 16.0 Å². The molecule has 1 aliphatic heterocycles. The Morgan fingerprint density at radius 2 is 1.84 bits per heavy atom. The normalized spacial score (nSPS) is 15.2. The Kier molecular flexibility index (Phi) is 6.87. The fourth-order valence-electron chi connectivity index (χ4n) is 3.08. The number of nitrogens with two attached hydrogens (primary N) is 1. The third-order valence-electron chi connectivity index (χ3n) is 4.70. The molecule has 1 aliphatic rings. The molecule has 1 fully saturated rings. The summed E-state index contributed by atoms with van der Waals surface area (Å²) in [7, 11) is 0. The second-order valence-corrected chi connectivity index (χ2v) is 7.51. The highest BCUT2D eigenvalue weighted by molar-refractivity contribution is 7.81. The first kappa shape index (κ1) is 22.7. The first-order valence-electron chi connectivity index (χ1n) is 9.19. The molecule has 0 unspecified atom stereocenters. The van der Waals surface area contributed by atoms with Crippen molar-refractivity contribution in [2.45, 2.75) is 6.18 Å². The van der Waals surface area contributed by atoms with E-state index in [0.29, 0.717) is 26.2 Å². The van der Waals surface area contributed by atoms with E-state index in [-0.39, 0.29) is 27.2 Å². The molecule has 2 aromatic rings. The van der Waals surface area contributed by atoms with E-state index < -0.39 is 11.7 Å². The molecule has 0 saturated carbocycles. The van der Waals surface area contributed by atoms with E-state index in [2.05, 4.69) is 10.3 Å². The van der Waals surface area contributed by atoms with Crippen LogP contribution in [0.25, 0.3) is 0 Å². The molecule has 1 aromatic heterocycles. The lowest BCUT2D eigenvalue weighted by Crippen LogP contribution is -2.48. The number of alkyl halides is 3. The number of rotatable bonds is 4. The smallest absolute Gasteiger partial charge is 0.384 e. The van der Waals surface area contributed by atoms with Gasteiger partial charge >= 0.3 is 6.18 Å². The summed E-state index contributed by atoms with van der Waals surface area (Å²) in [5, 5.41) is 12.5. The minimum Gasteiger partial charge on any atom is -0.384 e. The Labute approximate surface area is 187 Å². The number of hydrogen-bond donors (Lipinski definition) is 2. The highest BCUT2D eigenvalue weighted by Gasteiger charge is 2.32. The van der Waals surface area contributed by atoms with Crippen molar-refractivity contribution in [2.75, 3.05) is 36.4 Å². The van der Waals surface area contributed by atoms with Gasteiger partial charge in [0.05, 0.1) is 10.6 Å². The van der Waals surface area contributed by atoms with Crippen molar-refractivity contribution in [1.29, 1.82) is 5.26 Å². The van der Waals surface area contributed by atoms with Crippen LogP contribution in [-0.4, -0.2) is 41.1 Å². The number of nitrogens with one attached hydrogen (secondary N) is 1. The quantitative estimate of drug-likeness (QED) is 0.400. The maximum atomic E-state index is 12.8. The van der Waals surface area contributed by atoms with Gasteiger partial charge in [0.25, 0.3) is 0 Å². The van der Waals surface area contributed by atoms with E-state index in [0.717, 1.165) is 18.0 Å². The Hall–Kier alpha value is -3.03. The summed E-state index contributed by atoms with van der Waals surface area (Å²) < 4.78 is 38.4. The monoisotopic (exact) mass is 466 g/mol. The van der Waals surface area contributed by atoms with E-state index >= 15 is 0 Å². The molecule has 0 amide bonds. The molecule has 0 atom stereocenters. The number of nitriles is 1. The number of benzene rings is 1. The van der Waals surface area contributed by atoms with Crippen LogP contribution in [0, 0.1) is 11.3 Å². The van der Waals surface area contributed by atoms with Crippen molar-refractivity contribution < 1.29 is 13.2 Å². The minimum absolute atomic E-state index is 0.0715. The van der Waals surface area contributed by atoms with Gasteiger partial charge in [-0.15, -0.1) is 0 Å². The molecule has 0 bridgehead atoms. The van der Waals surface area contributed by atoms with Gasteiger partial charge in [-0.05, 0) is 18.2 Å². The summed E-state index contributed by atoms with van der Waals surface area (Å²) in [6, 6.07) is 12.1. The highest BCUT2D eigenvalue weighted by atomic mass is 35.5. The van der Waals surface area contributed by atoms with Gasteiger partial charge < -0.3 is 20.9 Å². The first-order valence-corrected chi connectivity index (χ1v) is 9.98. The fraction of sp³-hybridized carbons (Fsp3) is 0.250. The average Bonchev–Trinajstić information content (AvgIpc) is 2.74. The minimum atomic E-state index is -4.51. The third-order valence-corrected chi connectivity index (χ3v) is 5.28. The Morgan fingerprint density at radius 3 is 2.39 bits per heavy atom. The second-order valence-electron chi connectivity index (χ2n) is 6.69. The summed E-state index contributed by atoms with van der Waals surface area (Å²) in [6.45, 7) is 1.67. The summed E-state index contributed by atoms with van der Waals surface area (Å²) in [5.74, 6) is 0.515. The van der Waals surface area contributed by atoms with Gasteiger partial charge in [0.2, 0.25) is 0 Å². The number of anilines is 2. The predicted octanol–water partition coefficient (Wildman–Crippen LogP) is 4.01. The zero-order valence-corrected chi connectivity index (χ0v) is 17.7. The molecule has 1 aromatic carbocycles. The van der Waals surface area contributed by atoms with E-state index in [1.807, 2.05) is 36.4 Å². The van der Waals surface area contributed by atoms with E-state index in [1.54, 1.807) is 9.80 Å². The number of nitrogens with zero attached hydrogens (tertiary/aromatic N) is 4. The van der Waals surface area contributed by atoms with Crippen molar-refractivity contribution in [3.8, 4) is 6.07 Å². The predicted molar refractivity (Wildman–Crippen MR) is 118 cm³/mol. The van der Waals surface area contributed by atoms with Crippen molar-refractivity contribution in [3.63, 3.8) is 0 Å². The van der Waals surface area contributed by atoms with E-state index in [4.69, 9.17) is 29.6 Å². The lowest BCUT2D eigenvalue weighted by Gasteiger charge is -2.37. The van der Waals surface area contributed by atoms with Gasteiger partial charge in [0.1, 0.15) is 28.3 Å². The molecule has 3 N–H and O–H groups in total. The number of aromatic nitrogens is 1. The third kappa shape index (κ3) is 5.37. The molecule has 3 rings (SSSR count). The molecule has 31 heavy (non-hydrogen) atoms. The summed E-state index contributed by atoms with van der Waals surface area (Å²) in [4.78, 5) is 7.68. The molecule has 0 radical (unpaired) electrons. The van der Waals surface area contributed by atoms with Gasteiger partial charge in [-0.2, -0.15) is 18.4 Å². The van der Waals surface area contributed by atoms with Gasteiger partial charge in [0, 0.05) is 38.1 Å². The zero-order chi connectivity index (χ0) is 22.6. The Balaban J connectivity index is 1.69. The maximum absolute atomic E-state index is 12.8. The molecular formula is C20H18ClF3N6S. The number of para-hydroxylation sites is 1. The van der Waals surface area contributed by atoms with Crippen LogP contribution in [0.15, 0.2) is 54.0 Å². The second kappa shape index (κ2) is 9.41. The molecular weight excluding hydrogens is 449 g/mol. The molecule has 0 spiro atoms. The number of pyridine rings is 1. The van der Waals surface area contributed by atoms with Crippen molar-refractivity contribution >= 4 is 40.3 Å². The van der Waals surface area contributed by atoms with Crippen LogP contribution in [0.1, 0.15) is 5.56 Å². The summed E-state index contributed by atoms with van der Waals surface area (Å²) in [5.41, 5.74) is 6.20. The van der Waals surface area contributed by atoms with E-state index in [1.165, 1.54) is 0 Å². The molecule has 2 heterocycles.